The number of benzene rings is 1. The molecule has 0 spiro atoms. The van der Waals surface area contributed by atoms with E-state index in [0.717, 1.165) is 10.4 Å². The third-order valence-corrected chi connectivity index (χ3v) is 5.66. The van der Waals surface area contributed by atoms with Crippen LogP contribution in [0.5, 0.6) is 11.5 Å². The summed E-state index contributed by atoms with van der Waals surface area (Å²) in [6.45, 7) is 0. The number of nitrogens with zero attached hydrogens (tertiary/aromatic N) is 5. The lowest BCUT2D eigenvalue weighted by atomic mass is 9.96. The Morgan fingerprint density at radius 3 is 2.79 bits per heavy atom. The van der Waals surface area contributed by atoms with E-state index >= 15 is 0 Å². The highest BCUT2D eigenvalue weighted by molar-refractivity contribution is 7.10. The molecule has 0 radical (unpaired) electrons. The zero-order valence-corrected chi connectivity index (χ0v) is 16.2. The number of methoxy groups -OCH3 is 2. The van der Waals surface area contributed by atoms with Crippen LogP contribution in [0.2, 0.25) is 0 Å². The Labute approximate surface area is 168 Å². The molecule has 0 saturated carbocycles. The van der Waals surface area contributed by atoms with Crippen LogP contribution in [0.4, 0.5) is 11.6 Å². The summed E-state index contributed by atoms with van der Waals surface area (Å²) in [5, 5.41) is 23.8. The maximum Gasteiger partial charge on any atom is 0.288 e. The number of aromatic nitrogens is 6. The summed E-state index contributed by atoms with van der Waals surface area (Å²) in [6, 6.07) is 9.02. The van der Waals surface area contributed by atoms with Crippen molar-refractivity contribution in [3.05, 3.63) is 56.5 Å². The van der Waals surface area contributed by atoms with E-state index in [9.17, 15) is 4.79 Å². The van der Waals surface area contributed by atoms with Crippen LogP contribution in [0.25, 0.3) is 11.3 Å². The van der Waals surface area contributed by atoms with Crippen LogP contribution in [0, 0.1) is 0 Å². The predicted molar refractivity (Wildman–Crippen MR) is 106 cm³/mol. The Hall–Kier alpha value is -3.73. The zero-order valence-electron chi connectivity index (χ0n) is 15.4. The quantitative estimate of drug-likeness (QED) is 0.464. The molecule has 1 aliphatic heterocycles. The molecule has 3 aromatic heterocycles. The molecule has 2 N–H and O–H groups in total. The van der Waals surface area contributed by atoms with Crippen molar-refractivity contribution in [2.24, 2.45) is 0 Å². The van der Waals surface area contributed by atoms with Crippen molar-refractivity contribution in [3.63, 3.8) is 0 Å². The fraction of sp³-hybridized carbons (Fsp3) is 0.167. The molecule has 0 fully saturated rings. The van der Waals surface area contributed by atoms with E-state index < -0.39 is 6.04 Å². The molecule has 29 heavy (non-hydrogen) atoms. The van der Waals surface area contributed by atoms with Crippen LogP contribution in [-0.2, 0) is 0 Å². The lowest BCUT2D eigenvalue weighted by Gasteiger charge is -2.26. The molecular formula is C18H15N7O3S. The third kappa shape index (κ3) is 2.66. The summed E-state index contributed by atoms with van der Waals surface area (Å²) in [6.07, 6.45) is 0. The number of anilines is 2. The van der Waals surface area contributed by atoms with Crippen molar-refractivity contribution in [3.8, 4) is 22.8 Å². The van der Waals surface area contributed by atoms with E-state index in [2.05, 4.69) is 31.0 Å². The van der Waals surface area contributed by atoms with Crippen molar-refractivity contribution in [2.45, 2.75) is 6.04 Å². The first kappa shape index (κ1) is 17.4. The SMILES string of the molecule is COc1ccc(-c2n[nH]c(=O)c3c2[C@@H](c2cccs2)n2nnnc2N3)cc1OC. The highest BCUT2D eigenvalue weighted by Gasteiger charge is 2.35. The number of nitrogens with one attached hydrogen (secondary N) is 2. The second-order valence-corrected chi connectivity index (χ2v) is 7.23. The number of fused-ring (bicyclic) bond motifs is 2. The van der Waals surface area contributed by atoms with Crippen LogP contribution in [0.1, 0.15) is 16.5 Å². The van der Waals surface area contributed by atoms with Crippen molar-refractivity contribution in [1.29, 1.82) is 0 Å². The Balaban J connectivity index is 1.78. The van der Waals surface area contributed by atoms with E-state index in [1.54, 1.807) is 36.3 Å². The lowest BCUT2D eigenvalue weighted by Crippen LogP contribution is -2.28. The molecule has 11 heteroatoms. The topological polar surface area (TPSA) is 120 Å². The van der Waals surface area contributed by atoms with Gasteiger partial charge in [-0.3, -0.25) is 4.79 Å². The van der Waals surface area contributed by atoms with Gasteiger partial charge in [0.25, 0.3) is 5.56 Å². The molecule has 5 rings (SSSR count). The van der Waals surface area contributed by atoms with E-state index in [1.807, 2.05) is 29.6 Å². The third-order valence-electron chi connectivity index (χ3n) is 4.74. The number of aromatic amines is 1. The van der Waals surface area contributed by atoms with Crippen molar-refractivity contribution >= 4 is 23.0 Å². The van der Waals surface area contributed by atoms with Crippen LogP contribution in [-0.4, -0.2) is 44.6 Å². The standard InChI is InChI=1S/C18H15N7O3S/c1-27-10-6-5-9(8-11(10)28-2)14-13-15(17(26)21-20-14)19-18-22-23-24-25(18)16(13)12-4-3-7-29-12/h3-8,16H,1-2H3,(H,21,26)(H,19,22,24)/t16-/m1/s1. The molecule has 10 nitrogen and oxygen atoms in total. The van der Waals surface area contributed by atoms with Crippen LogP contribution in [0.15, 0.2) is 40.5 Å². The summed E-state index contributed by atoms with van der Waals surface area (Å²) in [7, 11) is 3.15. The summed E-state index contributed by atoms with van der Waals surface area (Å²) in [5.74, 6) is 1.56. The fourth-order valence-corrected chi connectivity index (χ4v) is 4.27. The van der Waals surface area contributed by atoms with E-state index in [1.165, 1.54) is 0 Å². The van der Waals surface area contributed by atoms with Crippen molar-refractivity contribution in [2.75, 3.05) is 19.5 Å². The largest absolute Gasteiger partial charge is 0.493 e. The first-order valence-electron chi connectivity index (χ1n) is 8.64. The molecule has 146 valence electrons. The molecule has 1 aromatic carbocycles. The van der Waals surface area contributed by atoms with Gasteiger partial charge in [0.2, 0.25) is 5.95 Å². The normalized spacial score (nSPS) is 14.6. The maximum atomic E-state index is 12.6. The van der Waals surface area contributed by atoms with Crippen molar-refractivity contribution in [1.82, 2.24) is 30.4 Å². The fourth-order valence-electron chi connectivity index (χ4n) is 3.45. The maximum absolute atomic E-state index is 12.6. The summed E-state index contributed by atoms with van der Waals surface area (Å²) >= 11 is 1.55. The van der Waals surface area contributed by atoms with E-state index in [4.69, 9.17) is 9.47 Å². The van der Waals surface area contributed by atoms with Gasteiger partial charge in [-0.2, -0.15) is 9.78 Å². The molecule has 0 bridgehead atoms. The molecule has 0 aliphatic carbocycles. The molecular weight excluding hydrogens is 394 g/mol. The van der Waals surface area contributed by atoms with Gasteiger partial charge in [-0.1, -0.05) is 11.2 Å². The van der Waals surface area contributed by atoms with Crippen LogP contribution >= 0.6 is 11.3 Å². The van der Waals surface area contributed by atoms with Crippen LogP contribution in [0.3, 0.4) is 0 Å². The van der Waals surface area contributed by atoms with E-state index in [-0.39, 0.29) is 5.56 Å². The van der Waals surface area contributed by atoms with Gasteiger partial charge in [-0.25, -0.2) is 5.10 Å². The summed E-state index contributed by atoms with van der Waals surface area (Å²) < 4.78 is 12.4. The average molecular weight is 409 g/mol. The monoisotopic (exact) mass is 409 g/mol. The second kappa shape index (κ2) is 6.71. The number of hydrogen-bond acceptors (Lipinski definition) is 9. The number of tetrazole rings is 1. The smallest absolute Gasteiger partial charge is 0.288 e. The van der Waals surface area contributed by atoms with Gasteiger partial charge in [0.1, 0.15) is 11.7 Å². The Morgan fingerprint density at radius 2 is 2.03 bits per heavy atom. The minimum Gasteiger partial charge on any atom is -0.493 e. The van der Waals surface area contributed by atoms with E-state index in [0.29, 0.717) is 34.4 Å². The molecule has 4 aromatic rings. The van der Waals surface area contributed by atoms with Gasteiger partial charge in [0.15, 0.2) is 11.5 Å². The summed E-state index contributed by atoms with van der Waals surface area (Å²) in [5.41, 5.74) is 2.05. The Bertz CT molecular complexity index is 1250. The molecule has 0 unspecified atom stereocenters. The van der Waals surface area contributed by atoms with Gasteiger partial charge in [0.05, 0.1) is 19.9 Å². The molecule has 0 amide bonds. The van der Waals surface area contributed by atoms with Gasteiger partial charge in [0, 0.05) is 16.0 Å². The number of H-pyrrole nitrogens is 1. The van der Waals surface area contributed by atoms with Crippen molar-refractivity contribution < 1.29 is 9.47 Å². The van der Waals surface area contributed by atoms with Gasteiger partial charge in [-0.15, -0.1) is 11.3 Å². The molecule has 0 saturated heterocycles. The zero-order chi connectivity index (χ0) is 20.0. The highest BCUT2D eigenvalue weighted by Crippen LogP contribution is 2.43. The average Bonchev–Trinajstić information content (AvgIpc) is 3.44. The first-order chi connectivity index (χ1) is 14.2. The lowest BCUT2D eigenvalue weighted by molar-refractivity contribution is 0.355. The highest BCUT2D eigenvalue weighted by atomic mass is 32.1. The van der Waals surface area contributed by atoms with Gasteiger partial charge < -0.3 is 14.8 Å². The number of ether oxygens (including phenoxy) is 2. The van der Waals surface area contributed by atoms with Gasteiger partial charge >= 0.3 is 0 Å². The molecule has 1 aliphatic rings. The van der Waals surface area contributed by atoms with Gasteiger partial charge in [-0.05, 0) is 40.1 Å². The van der Waals surface area contributed by atoms with Crippen LogP contribution < -0.4 is 20.3 Å². The Morgan fingerprint density at radius 1 is 1.17 bits per heavy atom. The number of hydrogen-bond donors (Lipinski definition) is 2. The molecule has 1 atom stereocenters. The first-order valence-corrected chi connectivity index (χ1v) is 9.52. The number of thiophene rings is 1. The minimum absolute atomic E-state index is 0.347. The molecule has 4 heterocycles. The Kier molecular flexibility index (Phi) is 4.02. The second-order valence-electron chi connectivity index (χ2n) is 6.25. The predicted octanol–water partition coefficient (Wildman–Crippen LogP) is 2.20. The minimum atomic E-state index is -0.394. The summed E-state index contributed by atoms with van der Waals surface area (Å²) in [4.78, 5) is 13.6. The number of rotatable bonds is 4.